The lowest BCUT2D eigenvalue weighted by molar-refractivity contribution is 0.892. The minimum absolute atomic E-state index is 0.362. The number of nitrogen functional groups attached to an aromatic ring is 1. The quantitative estimate of drug-likeness (QED) is 0.757. The van der Waals surface area contributed by atoms with Gasteiger partial charge in [-0.15, -0.1) is 0 Å². The first-order valence-electron chi connectivity index (χ1n) is 5.50. The van der Waals surface area contributed by atoms with Crippen molar-refractivity contribution in [3.63, 3.8) is 0 Å². The minimum atomic E-state index is 0.362. The van der Waals surface area contributed by atoms with E-state index in [1.54, 1.807) is 6.20 Å². The summed E-state index contributed by atoms with van der Waals surface area (Å²) in [6, 6.07) is 6.42. The van der Waals surface area contributed by atoms with Crippen LogP contribution in [0.15, 0.2) is 24.4 Å². The van der Waals surface area contributed by atoms with E-state index in [-0.39, 0.29) is 0 Å². The number of aryl methyl sites for hydroxylation is 1. The van der Waals surface area contributed by atoms with Crippen LogP contribution in [-0.2, 0) is 0 Å². The highest BCUT2D eigenvalue weighted by Gasteiger charge is 2.06. The van der Waals surface area contributed by atoms with E-state index in [2.05, 4.69) is 30.2 Å². The third-order valence-electron chi connectivity index (χ3n) is 2.63. The second-order valence-corrected chi connectivity index (χ2v) is 4.35. The van der Waals surface area contributed by atoms with E-state index in [9.17, 15) is 0 Å². The number of hydrogen-bond donors (Lipinski definition) is 2. The molecule has 0 aliphatic heterocycles. The summed E-state index contributed by atoms with van der Waals surface area (Å²) in [7, 11) is 0. The number of nitrogens with zero attached hydrogens (tertiary/aromatic N) is 1. The molecule has 0 saturated carbocycles. The zero-order valence-corrected chi connectivity index (χ0v) is 9.91. The lowest BCUT2D eigenvalue weighted by Gasteiger charge is -2.13. The van der Waals surface area contributed by atoms with Crippen LogP contribution in [0.25, 0.3) is 10.8 Å². The first kappa shape index (κ1) is 10.7. The van der Waals surface area contributed by atoms with Crippen molar-refractivity contribution in [2.45, 2.75) is 26.8 Å². The van der Waals surface area contributed by atoms with Crippen molar-refractivity contribution >= 4 is 22.3 Å². The van der Waals surface area contributed by atoms with Crippen LogP contribution in [0.4, 0.5) is 11.5 Å². The van der Waals surface area contributed by atoms with Gasteiger partial charge in [-0.1, -0.05) is 12.1 Å². The zero-order valence-electron chi connectivity index (χ0n) is 9.91. The molecule has 16 heavy (non-hydrogen) atoms. The standard InChI is InChI=1S/C13H17N3/c1-8(2)16-13-11-5-4-9(3)12(14)10(11)6-7-15-13/h4-8H,14H2,1-3H3,(H,15,16). The largest absolute Gasteiger partial charge is 0.398 e. The number of fused-ring (bicyclic) bond motifs is 1. The topological polar surface area (TPSA) is 50.9 Å². The summed E-state index contributed by atoms with van der Waals surface area (Å²) in [5.41, 5.74) is 8.01. The molecular weight excluding hydrogens is 198 g/mol. The maximum atomic E-state index is 6.06. The minimum Gasteiger partial charge on any atom is -0.398 e. The average Bonchev–Trinajstić information content (AvgIpc) is 2.23. The van der Waals surface area contributed by atoms with Gasteiger partial charge in [0.05, 0.1) is 0 Å². The average molecular weight is 215 g/mol. The maximum absolute atomic E-state index is 6.06. The van der Waals surface area contributed by atoms with Crippen molar-refractivity contribution < 1.29 is 0 Å². The van der Waals surface area contributed by atoms with E-state index in [1.165, 1.54) is 0 Å². The number of aromatic nitrogens is 1. The molecule has 3 heteroatoms. The second-order valence-electron chi connectivity index (χ2n) is 4.35. The molecule has 0 atom stereocenters. The lowest BCUT2D eigenvalue weighted by Crippen LogP contribution is -2.11. The summed E-state index contributed by atoms with van der Waals surface area (Å²) in [6.07, 6.45) is 1.79. The lowest BCUT2D eigenvalue weighted by atomic mass is 10.1. The monoisotopic (exact) mass is 215 g/mol. The molecule has 84 valence electrons. The molecule has 0 amide bonds. The number of nitrogens with two attached hydrogens (primary N) is 1. The molecule has 0 unspecified atom stereocenters. The van der Waals surface area contributed by atoms with Crippen LogP contribution in [0.1, 0.15) is 19.4 Å². The van der Waals surface area contributed by atoms with Gasteiger partial charge in [0, 0.05) is 28.7 Å². The summed E-state index contributed by atoms with van der Waals surface area (Å²) in [6.45, 7) is 6.21. The number of rotatable bonds is 2. The van der Waals surface area contributed by atoms with E-state index in [1.807, 2.05) is 19.1 Å². The van der Waals surface area contributed by atoms with E-state index in [4.69, 9.17) is 5.73 Å². The first-order valence-corrected chi connectivity index (χ1v) is 5.50. The van der Waals surface area contributed by atoms with Gasteiger partial charge in [-0.25, -0.2) is 4.98 Å². The highest BCUT2D eigenvalue weighted by atomic mass is 15.0. The molecule has 2 rings (SSSR count). The second kappa shape index (κ2) is 4.00. The summed E-state index contributed by atoms with van der Waals surface area (Å²) in [4.78, 5) is 4.35. The van der Waals surface area contributed by atoms with Crippen molar-refractivity contribution in [3.05, 3.63) is 30.0 Å². The maximum Gasteiger partial charge on any atom is 0.134 e. The Balaban J connectivity index is 2.65. The fraction of sp³-hybridized carbons (Fsp3) is 0.308. The van der Waals surface area contributed by atoms with E-state index < -0.39 is 0 Å². The van der Waals surface area contributed by atoms with Gasteiger partial charge in [0.2, 0.25) is 0 Å². The van der Waals surface area contributed by atoms with Gasteiger partial charge >= 0.3 is 0 Å². The van der Waals surface area contributed by atoms with E-state index >= 15 is 0 Å². The van der Waals surface area contributed by atoms with Crippen LogP contribution >= 0.6 is 0 Å². The smallest absolute Gasteiger partial charge is 0.134 e. The summed E-state index contributed by atoms with van der Waals surface area (Å²) in [5.74, 6) is 0.902. The fourth-order valence-corrected chi connectivity index (χ4v) is 1.78. The molecule has 1 aromatic heterocycles. The van der Waals surface area contributed by atoms with Crippen LogP contribution in [0.2, 0.25) is 0 Å². The fourth-order valence-electron chi connectivity index (χ4n) is 1.78. The number of hydrogen-bond acceptors (Lipinski definition) is 3. The molecule has 0 aliphatic rings. The number of anilines is 2. The Hall–Kier alpha value is -1.77. The van der Waals surface area contributed by atoms with Crippen molar-refractivity contribution in [1.29, 1.82) is 0 Å². The highest BCUT2D eigenvalue weighted by Crippen LogP contribution is 2.28. The molecule has 0 saturated heterocycles. The molecule has 0 spiro atoms. The molecule has 0 bridgehead atoms. The zero-order chi connectivity index (χ0) is 11.7. The van der Waals surface area contributed by atoms with Gasteiger partial charge in [-0.3, -0.25) is 0 Å². The SMILES string of the molecule is Cc1ccc2c(NC(C)C)nccc2c1N. The summed E-state index contributed by atoms with van der Waals surface area (Å²) >= 11 is 0. The molecule has 2 aromatic rings. The van der Waals surface area contributed by atoms with Crippen LogP contribution in [-0.4, -0.2) is 11.0 Å². The third-order valence-corrected chi connectivity index (χ3v) is 2.63. The Morgan fingerprint density at radius 2 is 1.94 bits per heavy atom. The number of benzene rings is 1. The van der Waals surface area contributed by atoms with Crippen molar-refractivity contribution in [3.8, 4) is 0 Å². The molecule has 1 heterocycles. The van der Waals surface area contributed by atoms with Crippen LogP contribution in [0.5, 0.6) is 0 Å². The first-order chi connectivity index (χ1) is 7.59. The van der Waals surface area contributed by atoms with Gasteiger partial charge in [-0.2, -0.15) is 0 Å². The predicted molar refractivity (Wildman–Crippen MR) is 69.7 cm³/mol. The molecule has 0 fully saturated rings. The molecular formula is C13H17N3. The number of nitrogens with one attached hydrogen (secondary N) is 1. The predicted octanol–water partition coefficient (Wildman–Crippen LogP) is 2.95. The molecule has 0 aliphatic carbocycles. The van der Waals surface area contributed by atoms with E-state index in [0.29, 0.717) is 6.04 Å². The third kappa shape index (κ3) is 1.81. The van der Waals surface area contributed by atoms with Crippen molar-refractivity contribution in [2.24, 2.45) is 0 Å². The van der Waals surface area contributed by atoms with Crippen LogP contribution < -0.4 is 11.1 Å². The van der Waals surface area contributed by atoms with Gasteiger partial charge in [0.15, 0.2) is 0 Å². The Morgan fingerprint density at radius 3 is 2.62 bits per heavy atom. The van der Waals surface area contributed by atoms with Crippen LogP contribution in [0.3, 0.4) is 0 Å². The normalized spacial score (nSPS) is 11.0. The molecule has 0 radical (unpaired) electrons. The highest BCUT2D eigenvalue weighted by molar-refractivity contribution is 6.00. The summed E-state index contributed by atoms with van der Waals surface area (Å²) < 4.78 is 0. The summed E-state index contributed by atoms with van der Waals surface area (Å²) in [5, 5.41) is 5.48. The Bertz CT molecular complexity index is 518. The Morgan fingerprint density at radius 1 is 1.19 bits per heavy atom. The molecule has 3 N–H and O–H groups in total. The van der Waals surface area contributed by atoms with Gasteiger partial charge in [0.1, 0.15) is 5.82 Å². The van der Waals surface area contributed by atoms with E-state index in [0.717, 1.165) is 27.8 Å². The van der Waals surface area contributed by atoms with Gasteiger partial charge in [0.25, 0.3) is 0 Å². The van der Waals surface area contributed by atoms with Gasteiger partial charge < -0.3 is 11.1 Å². The number of pyridine rings is 1. The van der Waals surface area contributed by atoms with Gasteiger partial charge in [-0.05, 0) is 32.4 Å². The van der Waals surface area contributed by atoms with Crippen molar-refractivity contribution in [2.75, 3.05) is 11.1 Å². The van der Waals surface area contributed by atoms with Crippen LogP contribution in [0, 0.1) is 6.92 Å². The van der Waals surface area contributed by atoms with Crippen molar-refractivity contribution in [1.82, 2.24) is 4.98 Å². The molecule has 3 nitrogen and oxygen atoms in total. The Labute approximate surface area is 95.7 Å². The molecule has 1 aromatic carbocycles. The Kier molecular flexibility index (Phi) is 2.69.